The van der Waals surface area contributed by atoms with Gasteiger partial charge in [-0.25, -0.2) is 0 Å². The Morgan fingerprint density at radius 2 is 1.17 bits per heavy atom. The van der Waals surface area contributed by atoms with Crippen molar-refractivity contribution in [1.82, 2.24) is 10.6 Å². The van der Waals surface area contributed by atoms with Gasteiger partial charge in [-0.3, -0.25) is 0 Å². The van der Waals surface area contributed by atoms with Crippen molar-refractivity contribution in [3.05, 3.63) is 0 Å². The minimum Gasteiger partial charge on any atom is -0.314 e. The quantitative estimate of drug-likeness (QED) is 0.668. The Balaban J connectivity index is 2.11. The molecular weight excluding hydrogens is 148 g/mol. The monoisotopic (exact) mass is 170 g/mol. The standard InChI is InChI=1S/C10H22N2/c1-3-11-9-5-7-10(8-6-9)12-4-2/h9-12H,3-8H2,1-2H3/t9-,10-. The molecule has 1 saturated carbocycles. The van der Waals surface area contributed by atoms with Crippen molar-refractivity contribution in [1.29, 1.82) is 0 Å². The first-order valence-electron chi connectivity index (χ1n) is 5.33. The Labute approximate surface area is 76.1 Å². The van der Waals surface area contributed by atoms with E-state index in [1.807, 2.05) is 0 Å². The maximum Gasteiger partial charge on any atom is 0.00681 e. The molecular formula is C10H22N2. The summed E-state index contributed by atoms with van der Waals surface area (Å²) >= 11 is 0. The number of hydrogen-bond acceptors (Lipinski definition) is 2. The van der Waals surface area contributed by atoms with Gasteiger partial charge in [0.25, 0.3) is 0 Å². The smallest absolute Gasteiger partial charge is 0.00681 e. The molecule has 0 heterocycles. The second-order valence-electron chi connectivity index (χ2n) is 3.66. The van der Waals surface area contributed by atoms with Crippen LogP contribution in [0.2, 0.25) is 0 Å². The van der Waals surface area contributed by atoms with Crippen molar-refractivity contribution < 1.29 is 0 Å². The zero-order chi connectivity index (χ0) is 8.81. The van der Waals surface area contributed by atoms with Gasteiger partial charge in [-0.05, 0) is 38.8 Å². The third-order valence-corrected chi connectivity index (χ3v) is 2.71. The summed E-state index contributed by atoms with van der Waals surface area (Å²) in [7, 11) is 0. The topological polar surface area (TPSA) is 24.1 Å². The number of hydrogen-bond donors (Lipinski definition) is 2. The molecule has 0 atom stereocenters. The van der Waals surface area contributed by atoms with Crippen molar-refractivity contribution in [2.45, 2.75) is 51.6 Å². The van der Waals surface area contributed by atoms with Crippen LogP contribution in [-0.4, -0.2) is 25.2 Å². The Morgan fingerprint density at radius 3 is 1.42 bits per heavy atom. The fourth-order valence-corrected chi connectivity index (χ4v) is 2.08. The van der Waals surface area contributed by atoms with E-state index in [2.05, 4.69) is 24.5 Å². The van der Waals surface area contributed by atoms with Gasteiger partial charge in [-0.1, -0.05) is 13.8 Å². The summed E-state index contributed by atoms with van der Waals surface area (Å²) in [5.41, 5.74) is 0. The maximum absolute atomic E-state index is 3.52. The summed E-state index contributed by atoms with van der Waals surface area (Å²) in [4.78, 5) is 0. The highest BCUT2D eigenvalue weighted by Gasteiger charge is 2.18. The minimum absolute atomic E-state index is 0.796. The van der Waals surface area contributed by atoms with Gasteiger partial charge >= 0.3 is 0 Å². The molecule has 0 unspecified atom stereocenters. The molecule has 0 saturated heterocycles. The second kappa shape index (κ2) is 5.55. The van der Waals surface area contributed by atoms with E-state index in [-0.39, 0.29) is 0 Å². The SMILES string of the molecule is CCN[C@H]1CC[C@H](NCC)CC1. The third-order valence-electron chi connectivity index (χ3n) is 2.71. The van der Waals surface area contributed by atoms with Crippen LogP contribution in [0.3, 0.4) is 0 Å². The molecule has 0 aliphatic heterocycles. The van der Waals surface area contributed by atoms with Gasteiger partial charge in [0.05, 0.1) is 0 Å². The van der Waals surface area contributed by atoms with E-state index in [1.54, 1.807) is 0 Å². The third kappa shape index (κ3) is 3.11. The van der Waals surface area contributed by atoms with Gasteiger partial charge in [0.1, 0.15) is 0 Å². The predicted molar refractivity (Wildman–Crippen MR) is 53.4 cm³/mol. The summed E-state index contributed by atoms with van der Waals surface area (Å²) < 4.78 is 0. The van der Waals surface area contributed by atoms with Gasteiger partial charge in [0, 0.05) is 12.1 Å². The van der Waals surface area contributed by atoms with Crippen molar-refractivity contribution in [2.24, 2.45) is 0 Å². The Morgan fingerprint density at radius 1 is 0.833 bits per heavy atom. The van der Waals surface area contributed by atoms with Crippen LogP contribution in [-0.2, 0) is 0 Å². The van der Waals surface area contributed by atoms with Crippen molar-refractivity contribution in [2.75, 3.05) is 13.1 Å². The fraction of sp³-hybridized carbons (Fsp3) is 1.00. The lowest BCUT2D eigenvalue weighted by molar-refractivity contribution is 0.314. The largest absolute Gasteiger partial charge is 0.314 e. The van der Waals surface area contributed by atoms with Crippen molar-refractivity contribution >= 4 is 0 Å². The van der Waals surface area contributed by atoms with Gasteiger partial charge in [0.15, 0.2) is 0 Å². The average Bonchev–Trinajstić information content (AvgIpc) is 2.09. The number of rotatable bonds is 4. The molecule has 1 fully saturated rings. The molecule has 1 aliphatic rings. The van der Waals surface area contributed by atoms with E-state index in [0.717, 1.165) is 25.2 Å². The van der Waals surface area contributed by atoms with Crippen LogP contribution < -0.4 is 10.6 Å². The van der Waals surface area contributed by atoms with Gasteiger partial charge in [-0.2, -0.15) is 0 Å². The van der Waals surface area contributed by atoms with Gasteiger partial charge in [-0.15, -0.1) is 0 Å². The average molecular weight is 170 g/mol. The first-order valence-corrected chi connectivity index (χ1v) is 5.33. The highest BCUT2D eigenvalue weighted by atomic mass is 14.9. The second-order valence-corrected chi connectivity index (χ2v) is 3.66. The van der Waals surface area contributed by atoms with Crippen LogP contribution in [0.5, 0.6) is 0 Å². The predicted octanol–water partition coefficient (Wildman–Crippen LogP) is 1.52. The maximum atomic E-state index is 3.52. The zero-order valence-corrected chi connectivity index (χ0v) is 8.40. The van der Waals surface area contributed by atoms with Crippen LogP contribution in [0.15, 0.2) is 0 Å². The van der Waals surface area contributed by atoms with Crippen LogP contribution in [0.25, 0.3) is 0 Å². The van der Waals surface area contributed by atoms with Gasteiger partial charge in [0.2, 0.25) is 0 Å². The highest BCUT2D eigenvalue weighted by molar-refractivity contribution is 4.80. The lowest BCUT2D eigenvalue weighted by Crippen LogP contribution is -2.39. The molecule has 2 nitrogen and oxygen atoms in total. The van der Waals surface area contributed by atoms with Gasteiger partial charge < -0.3 is 10.6 Å². The van der Waals surface area contributed by atoms with Crippen LogP contribution in [0.1, 0.15) is 39.5 Å². The molecule has 0 radical (unpaired) electrons. The van der Waals surface area contributed by atoms with E-state index in [0.29, 0.717) is 0 Å². The first kappa shape index (κ1) is 10.0. The molecule has 0 aromatic carbocycles. The molecule has 12 heavy (non-hydrogen) atoms. The Hall–Kier alpha value is -0.0800. The van der Waals surface area contributed by atoms with Crippen LogP contribution >= 0.6 is 0 Å². The van der Waals surface area contributed by atoms with Crippen molar-refractivity contribution in [3.8, 4) is 0 Å². The summed E-state index contributed by atoms with van der Waals surface area (Å²) in [6.45, 7) is 6.62. The first-order chi connectivity index (χ1) is 5.86. The Kier molecular flexibility index (Phi) is 4.62. The molecule has 0 amide bonds. The van der Waals surface area contributed by atoms with E-state index in [4.69, 9.17) is 0 Å². The zero-order valence-electron chi connectivity index (χ0n) is 8.40. The molecule has 1 rings (SSSR count). The fourth-order valence-electron chi connectivity index (χ4n) is 2.08. The summed E-state index contributed by atoms with van der Waals surface area (Å²) in [6.07, 6.45) is 5.41. The molecule has 0 aromatic heterocycles. The molecule has 2 heteroatoms. The lowest BCUT2D eigenvalue weighted by Gasteiger charge is -2.29. The van der Waals surface area contributed by atoms with E-state index in [9.17, 15) is 0 Å². The van der Waals surface area contributed by atoms with E-state index >= 15 is 0 Å². The summed E-state index contributed by atoms with van der Waals surface area (Å²) in [5, 5.41) is 7.04. The van der Waals surface area contributed by atoms with E-state index in [1.165, 1.54) is 25.7 Å². The molecule has 0 aromatic rings. The normalized spacial score (nSPS) is 30.5. The lowest BCUT2D eigenvalue weighted by atomic mass is 9.91. The highest BCUT2D eigenvalue weighted by Crippen LogP contribution is 2.18. The molecule has 0 spiro atoms. The number of nitrogens with one attached hydrogen (secondary N) is 2. The molecule has 0 bridgehead atoms. The van der Waals surface area contributed by atoms with Crippen LogP contribution in [0, 0.1) is 0 Å². The van der Waals surface area contributed by atoms with Crippen molar-refractivity contribution in [3.63, 3.8) is 0 Å². The summed E-state index contributed by atoms with van der Waals surface area (Å²) in [6, 6.07) is 1.59. The molecule has 72 valence electrons. The van der Waals surface area contributed by atoms with E-state index < -0.39 is 0 Å². The Bertz CT molecular complexity index is 92.4. The van der Waals surface area contributed by atoms with Crippen LogP contribution in [0.4, 0.5) is 0 Å². The summed E-state index contributed by atoms with van der Waals surface area (Å²) in [5.74, 6) is 0. The molecule has 1 aliphatic carbocycles. The minimum atomic E-state index is 0.796. The molecule has 2 N–H and O–H groups in total.